The Morgan fingerprint density at radius 1 is 0.958 bits per heavy atom. The van der Waals surface area contributed by atoms with Gasteiger partial charge in [-0.1, -0.05) is 0 Å². The molecule has 1 rings (SSSR count). The molecular weight excluding hydrogens is 363 g/mol. The Morgan fingerprint density at radius 3 is 1.62 bits per heavy atom. The molecule has 0 spiro atoms. The van der Waals surface area contributed by atoms with E-state index in [1.165, 1.54) is 13.8 Å². The molecule has 0 heterocycles. The minimum Gasteiger partial charge on any atom is -0.314 e. The van der Waals surface area contributed by atoms with Gasteiger partial charge in [-0.2, -0.15) is 26.3 Å². The maximum Gasteiger partial charge on any atom is 0.416 e. The molecule has 0 aliphatic heterocycles. The van der Waals surface area contributed by atoms with Gasteiger partial charge in [-0.3, -0.25) is 4.57 Å². The second-order valence-electron chi connectivity index (χ2n) is 4.66. The number of hydrogen-bond acceptors (Lipinski definition) is 4. The van der Waals surface area contributed by atoms with Crippen LogP contribution in [0, 0.1) is 0 Å². The van der Waals surface area contributed by atoms with Crippen LogP contribution >= 0.6 is 7.60 Å². The number of alkyl halides is 6. The number of benzene rings is 1. The van der Waals surface area contributed by atoms with Gasteiger partial charge in [-0.15, -0.1) is 0 Å². The predicted molar refractivity (Wildman–Crippen MR) is 74.2 cm³/mol. The molecule has 1 atom stereocenters. The summed E-state index contributed by atoms with van der Waals surface area (Å²) in [6.45, 7) is 2.59. The number of rotatable bonds is 6. The summed E-state index contributed by atoms with van der Waals surface area (Å²) in [5.74, 6) is -1.79. The van der Waals surface area contributed by atoms with Crippen LogP contribution in [0.15, 0.2) is 18.2 Å². The highest BCUT2D eigenvalue weighted by atomic mass is 31.2. The third-order valence-electron chi connectivity index (χ3n) is 2.91. The summed E-state index contributed by atoms with van der Waals surface area (Å²) in [6, 6.07) is 0.775. The second-order valence-corrected chi connectivity index (χ2v) is 6.81. The fourth-order valence-corrected chi connectivity index (χ4v) is 3.52. The standard InChI is InChI=1S/C13H16F6NO3P/c1-3-22-24(21,23-4-2)11(20)8-5-9(12(14,15)16)7-10(6-8)13(17,18)19/h5-7,11H,3-4,20H2,1-2H3/t11-/m1/s1. The van der Waals surface area contributed by atoms with Crippen LogP contribution in [0.3, 0.4) is 0 Å². The third-order valence-corrected chi connectivity index (χ3v) is 5.13. The van der Waals surface area contributed by atoms with Gasteiger partial charge in [-0.25, -0.2) is 0 Å². The summed E-state index contributed by atoms with van der Waals surface area (Å²) in [5, 5.41) is 0. The second kappa shape index (κ2) is 7.43. The van der Waals surface area contributed by atoms with Crippen molar-refractivity contribution in [2.75, 3.05) is 13.2 Å². The summed E-state index contributed by atoms with van der Waals surface area (Å²) < 4.78 is 99.4. The molecule has 0 aliphatic rings. The lowest BCUT2D eigenvalue weighted by molar-refractivity contribution is -0.143. The Hall–Kier alpha value is -1.09. The fraction of sp³-hybridized carbons (Fsp3) is 0.538. The maximum atomic E-state index is 12.9. The van der Waals surface area contributed by atoms with Crippen molar-refractivity contribution in [3.8, 4) is 0 Å². The van der Waals surface area contributed by atoms with Crippen LogP contribution in [0.25, 0.3) is 0 Å². The van der Waals surface area contributed by atoms with Crippen LogP contribution in [0.4, 0.5) is 26.3 Å². The van der Waals surface area contributed by atoms with E-state index in [0.29, 0.717) is 12.1 Å². The van der Waals surface area contributed by atoms with Crippen molar-refractivity contribution in [2.24, 2.45) is 5.73 Å². The molecule has 0 saturated heterocycles. The van der Waals surface area contributed by atoms with Crippen LogP contribution in [-0.4, -0.2) is 13.2 Å². The average Bonchev–Trinajstić information content (AvgIpc) is 2.44. The molecule has 0 radical (unpaired) electrons. The molecule has 0 fully saturated rings. The van der Waals surface area contributed by atoms with E-state index < -0.39 is 42.4 Å². The van der Waals surface area contributed by atoms with Gasteiger partial charge in [0.15, 0.2) is 0 Å². The van der Waals surface area contributed by atoms with E-state index in [4.69, 9.17) is 14.8 Å². The molecule has 0 amide bonds. The molecule has 0 bridgehead atoms. The van der Waals surface area contributed by atoms with Gasteiger partial charge in [-0.05, 0) is 37.6 Å². The van der Waals surface area contributed by atoms with Crippen molar-refractivity contribution in [3.05, 3.63) is 34.9 Å². The molecule has 1 aromatic carbocycles. The first kappa shape index (κ1) is 21.0. The topological polar surface area (TPSA) is 61.5 Å². The van der Waals surface area contributed by atoms with Crippen LogP contribution in [-0.2, 0) is 26.0 Å². The van der Waals surface area contributed by atoms with Gasteiger partial charge in [0.25, 0.3) is 0 Å². The summed E-state index contributed by atoms with van der Waals surface area (Å²) >= 11 is 0. The normalized spacial score (nSPS) is 14.7. The van der Waals surface area contributed by atoms with Crippen molar-refractivity contribution in [2.45, 2.75) is 32.0 Å². The highest BCUT2D eigenvalue weighted by Gasteiger charge is 2.40. The number of nitrogens with two attached hydrogens (primary N) is 1. The first-order chi connectivity index (χ1) is 10.8. The molecule has 0 saturated carbocycles. The third kappa shape index (κ3) is 4.95. The van der Waals surface area contributed by atoms with Gasteiger partial charge in [0.1, 0.15) is 5.78 Å². The Kier molecular flexibility index (Phi) is 6.49. The molecule has 138 valence electrons. The minimum absolute atomic E-state index is 0.0392. The van der Waals surface area contributed by atoms with E-state index in [1.807, 2.05) is 0 Å². The minimum atomic E-state index is -5.03. The van der Waals surface area contributed by atoms with E-state index in [1.54, 1.807) is 0 Å². The Balaban J connectivity index is 3.48. The lowest BCUT2D eigenvalue weighted by Gasteiger charge is -2.24. The highest BCUT2D eigenvalue weighted by molar-refractivity contribution is 7.54. The Morgan fingerprint density at radius 2 is 1.33 bits per heavy atom. The van der Waals surface area contributed by atoms with E-state index in [-0.39, 0.29) is 19.3 Å². The molecule has 11 heteroatoms. The maximum absolute atomic E-state index is 12.9. The summed E-state index contributed by atoms with van der Waals surface area (Å²) in [5.41, 5.74) is 1.88. The van der Waals surface area contributed by atoms with Crippen molar-refractivity contribution in [1.29, 1.82) is 0 Å². The molecular formula is C13H16F6NO3P. The van der Waals surface area contributed by atoms with Crippen molar-refractivity contribution in [1.82, 2.24) is 0 Å². The summed E-state index contributed by atoms with van der Waals surface area (Å²) in [6.07, 6.45) is -10.1. The smallest absolute Gasteiger partial charge is 0.314 e. The zero-order valence-corrected chi connectivity index (χ0v) is 13.6. The van der Waals surface area contributed by atoms with Gasteiger partial charge in [0.2, 0.25) is 0 Å². The van der Waals surface area contributed by atoms with Crippen molar-refractivity contribution in [3.63, 3.8) is 0 Å². The van der Waals surface area contributed by atoms with Crippen molar-refractivity contribution < 1.29 is 40.0 Å². The Labute approximate surface area is 134 Å². The molecule has 1 aromatic rings. The largest absolute Gasteiger partial charge is 0.416 e. The van der Waals surface area contributed by atoms with E-state index in [2.05, 4.69) is 0 Å². The Bertz CT molecular complexity index is 574. The van der Waals surface area contributed by atoms with Crippen LogP contribution in [0.2, 0.25) is 0 Å². The first-order valence-electron chi connectivity index (χ1n) is 6.79. The van der Waals surface area contributed by atoms with Crippen LogP contribution in [0.1, 0.15) is 36.3 Å². The zero-order chi connectivity index (χ0) is 18.8. The molecule has 0 aromatic heterocycles. The van der Waals surface area contributed by atoms with Crippen LogP contribution < -0.4 is 5.73 Å². The average molecular weight is 379 g/mol. The van der Waals surface area contributed by atoms with Gasteiger partial charge in [0.05, 0.1) is 24.3 Å². The highest BCUT2D eigenvalue weighted by Crippen LogP contribution is 2.58. The molecule has 2 N–H and O–H groups in total. The van der Waals surface area contributed by atoms with Gasteiger partial charge < -0.3 is 14.8 Å². The van der Waals surface area contributed by atoms with Crippen molar-refractivity contribution >= 4 is 7.60 Å². The predicted octanol–water partition coefficient (Wildman–Crippen LogP) is 4.95. The monoisotopic (exact) mass is 379 g/mol. The number of halogens is 6. The first-order valence-corrected chi connectivity index (χ1v) is 8.40. The van der Waals surface area contributed by atoms with E-state index >= 15 is 0 Å². The van der Waals surface area contributed by atoms with Crippen LogP contribution in [0.5, 0.6) is 0 Å². The zero-order valence-electron chi connectivity index (χ0n) is 12.7. The quantitative estimate of drug-likeness (QED) is 0.561. The summed E-state index contributed by atoms with van der Waals surface area (Å²) in [4.78, 5) is 0. The van der Waals surface area contributed by atoms with E-state index in [0.717, 1.165) is 0 Å². The molecule has 0 aliphatic carbocycles. The lowest BCUT2D eigenvalue weighted by atomic mass is 10.0. The van der Waals surface area contributed by atoms with E-state index in [9.17, 15) is 30.9 Å². The fourth-order valence-electron chi connectivity index (χ4n) is 1.89. The SMILES string of the molecule is CCOP(=O)(OCC)[C@@H](N)c1cc(C(F)(F)F)cc(C(F)(F)F)c1. The number of hydrogen-bond donors (Lipinski definition) is 1. The lowest BCUT2D eigenvalue weighted by Crippen LogP contribution is -2.18. The molecule has 24 heavy (non-hydrogen) atoms. The summed E-state index contributed by atoms with van der Waals surface area (Å²) in [7, 11) is -4.13. The van der Waals surface area contributed by atoms with Gasteiger partial charge in [0, 0.05) is 0 Å². The van der Waals surface area contributed by atoms with Gasteiger partial charge >= 0.3 is 19.9 Å². The molecule has 4 nitrogen and oxygen atoms in total. The molecule has 0 unspecified atom stereocenters.